The number of likely N-dealkylation sites (tertiary alicyclic amines) is 1. The molecule has 0 unspecified atom stereocenters. The minimum atomic E-state index is -0.245. The van der Waals surface area contributed by atoms with Gasteiger partial charge < -0.3 is 9.84 Å². The molecule has 1 amide bonds. The SMILES string of the molecule is O=C(NC[C@@H](c1ccccc1Cl)N1CCCCC1)c1cc(-c2ccccc2)on1. The normalized spacial score (nSPS) is 15.8. The monoisotopic (exact) mass is 409 g/mol. The largest absolute Gasteiger partial charge is 0.355 e. The Morgan fingerprint density at radius 2 is 1.79 bits per heavy atom. The number of nitrogens with zero attached hydrogens (tertiary/aromatic N) is 2. The zero-order valence-electron chi connectivity index (χ0n) is 16.2. The predicted octanol–water partition coefficient (Wildman–Crippen LogP) is 4.95. The topological polar surface area (TPSA) is 58.4 Å². The van der Waals surface area contributed by atoms with Crippen LogP contribution >= 0.6 is 11.6 Å². The molecule has 1 aromatic heterocycles. The average Bonchev–Trinajstić information content (AvgIpc) is 3.27. The van der Waals surface area contributed by atoms with Crippen molar-refractivity contribution >= 4 is 17.5 Å². The second-order valence-corrected chi connectivity index (χ2v) is 7.69. The van der Waals surface area contributed by atoms with E-state index in [0.717, 1.165) is 29.2 Å². The molecule has 2 heterocycles. The molecule has 29 heavy (non-hydrogen) atoms. The maximum Gasteiger partial charge on any atom is 0.273 e. The molecule has 1 saturated heterocycles. The molecule has 0 bridgehead atoms. The number of carbonyl (C=O) groups is 1. The van der Waals surface area contributed by atoms with Crippen molar-refractivity contribution in [2.75, 3.05) is 19.6 Å². The lowest BCUT2D eigenvalue weighted by molar-refractivity contribution is 0.0915. The Balaban J connectivity index is 1.48. The van der Waals surface area contributed by atoms with Gasteiger partial charge in [0.05, 0.1) is 6.04 Å². The summed E-state index contributed by atoms with van der Waals surface area (Å²) < 4.78 is 5.36. The van der Waals surface area contributed by atoms with E-state index in [1.807, 2.05) is 54.6 Å². The molecule has 1 fully saturated rings. The van der Waals surface area contributed by atoms with Gasteiger partial charge in [0.25, 0.3) is 5.91 Å². The Kier molecular flexibility index (Phi) is 6.27. The number of benzene rings is 2. The third kappa shape index (κ3) is 4.69. The van der Waals surface area contributed by atoms with Crippen LogP contribution in [0.15, 0.2) is 65.2 Å². The van der Waals surface area contributed by atoms with Crippen LogP contribution in [0.4, 0.5) is 0 Å². The number of piperidine rings is 1. The van der Waals surface area contributed by atoms with Gasteiger partial charge in [-0.05, 0) is 37.6 Å². The fourth-order valence-electron chi connectivity index (χ4n) is 3.81. The Morgan fingerprint density at radius 1 is 1.07 bits per heavy atom. The molecule has 1 aliphatic heterocycles. The number of nitrogens with one attached hydrogen (secondary N) is 1. The van der Waals surface area contributed by atoms with Gasteiger partial charge in [-0.15, -0.1) is 0 Å². The summed E-state index contributed by atoms with van der Waals surface area (Å²) in [7, 11) is 0. The van der Waals surface area contributed by atoms with E-state index in [1.165, 1.54) is 19.3 Å². The van der Waals surface area contributed by atoms with Crippen molar-refractivity contribution < 1.29 is 9.32 Å². The molecule has 0 saturated carbocycles. The van der Waals surface area contributed by atoms with Crippen LogP contribution in [-0.2, 0) is 0 Å². The van der Waals surface area contributed by atoms with Crippen molar-refractivity contribution in [2.24, 2.45) is 0 Å². The molecule has 0 aliphatic carbocycles. The summed E-state index contributed by atoms with van der Waals surface area (Å²) in [6.45, 7) is 2.48. The summed E-state index contributed by atoms with van der Waals surface area (Å²) in [6.07, 6.45) is 3.58. The Hall–Kier alpha value is -2.63. The van der Waals surface area contributed by atoms with Crippen molar-refractivity contribution in [3.05, 3.63) is 76.9 Å². The summed E-state index contributed by atoms with van der Waals surface area (Å²) in [4.78, 5) is 15.1. The first-order valence-electron chi connectivity index (χ1n) is 10.0. The summed E-state index contributed by atoms with van der Waals surface area (Å²) in [5.41, 5.74) is 2.21. The Bertz CT molecular complexity index is 952. The first-order valence-corrected chi connectivity index (χ1v) is 10.4. The van der Waals surface area contributed by atoms with Gasteiger partial charge in [0.15, 0.2) is 11.5 Å². The van der Waals surface area contributed by atoms with E-state index < -0.39 is 0 Å². The second-order valence-electron chi connectivity index (χ2n) is 7.29. The first-order chi connectivity index (χ1) is 14.2. The number of hydrogen-bond acceptors (Lipinski definition) is 4. The van der Waals surface area contributed by atoms with Gasteiger partial charge in [-0.2, -0.15) is 0 Å². The van der Waals surface area contributed by atoms with E-state index in [9.17, 15) is 4.79 Å². The van der Waals surface area contributed by atoms with Gasteiger partial charge >= 0.3 is 0 Å². The molecular weight excluding hydrogens is 386 g/mol. The van der Waals surface area contributed by atoms with E-state index >= 15 is 0 Å². The number of hydrogen-bond donors (Lipinski definition) is 1. The van der Waals surface area contributed by atoms with Crippen molar-refractivity contribution in [3.63, 3.8) is 0 Å². The number of aromatic nitrogens is 1. The highest BCUT2D eigenvalue weighted by Crippen LogP contribution is 2.29. The third-order valence-corrected chi connectivity index (χ3v) is 5.70. The van der Waals surface area contributed by atoms with Crippen LogP contribution < -0.4 is 5.32 Å². The molecule has 4 rings (SSSR count). The minimum Gasteiger partial charge on any atom is -0.355 e. The van der Waals surface area contributed by atoms with Gasteiger partial charge in [0.2, 0.25) is 0 Å². The Morgan fingerprint density at radius 3 is 2.55 bits per heavy atom. The first kappa shape index (κ1) is 19.7. The van der Waals surface area contributed by atoms with Crippen LogP contribution in [-0.4, -0.2) is 35.6 Å². The summed E-state index contributed by atoms with van der Waals surface area (Å²) in [6, 6.07) is 19.2. The zero-order chi connectivity index (χ0) is 20.1. The average molecular weight is 410 g/mol. The molecule has 0 spiro atoms. The molecule has 0 radical (unpaired) electrons. The van der Waals surface area contributed by atoms with Gasteiger partial charge in [-0.25, -0.2) is 0 Å². The van der Waals surface area contributed by atoms with Crippen LogP contribution in [0.25, 0.3) is 11.3 Å². The van der Waals surface area contributed by atoms with Crippen molar-refractivity contribution in [1.29, 1.82) is 0 Å². The van der Waals surface area contributed by atoms with E-state index in [-0.39, 0.29) is 17.6 Å². The summed E-state index contributed by atoms with van der Waals surface area (Å²) in [5, 5.41) is 7.70. The molecule has 6 heteroatoms. The van der Waals surface area contributed by atoms with Crippen LogP contribution in [0.2, 0.25) is 5.02 Å². The molecule has 1 atom stereocenters. The molecule has 5 nitrogen and oxygen atoms in total. The fraction of sp³-hybridized carbons (Fsp3) is 0.304. The van der Waals surface area contributed by atoms with Crippen molar-refractivity contribution in [2.45, 2.75) is 25.3 Å². The number of halogens is 1. The van der Waals surface area contributed by atoms with Crippen LogP contribution in [0, 0.1) is 0 Å². The molecular formula is C23H24ClN3O2. The molecule has 1 N–H and O–H groups in total. The van der Waals surface area contributed by atoms with Gasteiger partial charge in [-0.3, -0.25) is 9.69 Å². The summed E-state index contributed by atoms with van der Waals surface area (Å²) >= 11 is 6.47. The predicted molar refractivity (Wildman–Crippen MR) is 114 cm³/mol. The quantitative estimate of drug-likeness (QED) is 0.625. The zero-order valence-corrected chi connectivity index (χ0v) is 16.9. The van der Waals surface area contributed by atoms with Crippen LogP contribution in [0.3, 0.4) is 0 Å². The van der Waals surface area contributed by atoms with E-state index in [4.69, 9.17) is 16.1 Å². The smallest absolute Gasteiger partial charge is 0.273 e. The minimum absolute atomic E-state index is 0.0356. The van der Waals surface area contributed by atoms with Gasteiger partial charge in [-0.1, -0.05) is 71.7 Å². The van der Waals surface area contributed by atoms with Crippen molar-refractivity contribution in [1.82, 2.24) is 15.4 Å². The lowest BCUT2D eigenvalue weighted by Crippen LogP contribution is -2.40. The highest BCUT2D eigenvalue weighted by molar-refractivity contribution is 6.31. The standard InChI is InChI=1S/C23H24ClN3O2/c24-19-12-6-5-11-18(19)21(27-13-7-2-8-14-27)16-25-23(28)20-15-22(29-26-20)17-9-3-1-4-10-17/h1,3-6,9-12,15,21H,2,7-8,13-14,16H2,(H,25,28)/t21-/m0/s1. The van der Waals surface area contributed by atoms with E-state index in [1.54, 1.807) is 6.07 Å². The summed E-state index contributed by atoms with van der Waals surface area (Å²) in [5.74, 6) is 0.333. The number of amides is 1. The molecule has 1 aliphatic rings. The lowest BCUT2D eigenvalue weighted by Gasteiger charge is -2.35. The molecule has 150 valence electrons. The number of rotatable bonds is 6. The fourth-order valence-corrected chi connectivity index (χ4v) is 4.07. The van der Waals surface area contributed by atoms with Crippen LogP contribution in [0.1, 0.15) is 41.4 Å². The maximum absolute atomic E-state index is 12.7. The highest BCUT2D eigenvalue weighted by Gasteiger charge is 2.25. The van der Waals surface area contributed by atoms with E-state index in [2.05, 4.69) is 15.4 Å². The van der Waals surface area contributed by atoms with Crippen LogP contribution in [0.5, 0.6) is 0 Å². The van der Waals surface area contributed by atoms with Gasteiger partial charge in [0, 0.05) is 23.2 Å². The highest BCUT2D eigenvalue weighted by atomic mass is 35.5. The number of carbonyl (C=O) groups excluding carboxylic acids is 1. The third-order valence-electron chi connectivity index (χ3n) is 5.35. The molecule has 2 aromatic carbocycles. The molecule has 3 aromatic rings. The lowest BCUT2D eigenvalue weighted by atomic mass is 10.0. The second kappa shape index (κ2) is 9.25. The van der Waals surface area contributed by atoms with E-state index in [0.29, 0.717) is 12.3 Å². The van der Waals surface area contributed by atoms with Crippen molar-refractivity contribution in [3.8, 4) is 11.3 Å². The van der Waals surface area contributed by atoms with Gasteiger partial charge in [0.1, 0.15) is 0 Å². The Labute approximate surface area is 175 Å². The maximum atomic E-state index is 12.7.